The third-order valence-electron chi connectivity index (χ3n) is 2.95. The molecule has 0 N–H and O–H groups in total. The van der Waals surface area contributed by atoms with Gasteiger partial charge >= 0.3 is 0 Å². The summed E-state index contributed by atoms with van der Waals surface area (Å²) in [5.41, 5.74) is 2.65. The van der Waals surface area contributed by atoms with Crippen LogP contribution < -0.4 is 0 Å². The number of carbonyl (C=O) groups is 1. The Hall–Kier alpha value is -1.15. The van der Waals surface area contributed by atoms with Crippen LogP contribution in [0.3, 0.4) is 0 Å². The quantitative estimate of drug-likeness (QED) is 0.750. The highest BCUT2D eigenvalue weighted by Gasteiger charge is 2.26. The van der Waals surface area contributed by atoms with Crippen LogP contribution in [0.5, 0.6) is 0 Å². The van der Waals surface area contributed by atoms with E-state index >= 15 is 0 Å². The molecule has 15 heavy (non-hydrogen) atoms. The molecule has 0 aromatic heterocycles. The number of benzene rings is 1. The fourth-order valence-electron chi connectivity index (χ4n) is 2.11. The van der Waals surface area contributed by atoms with E-state index in [0.29, 0.717) is 6.61 Å². The lowest BCUT2D eigenvalue weighted by Gasteiger charge is -2.07. The molecule has 2 rings (SSSR count). The molecule has 0 fully saturated rings. The smallest absolute Gasteiger partial charge is 0.162 e. The lowest BCUT2D eigenvalue weighted by Crippen LogP contribution is -2.20. The standard InChI is InChI=1S/C13H16O2/c1-2-15-9-13(14)12-7-10-5-3-4-6-11(10)8-12/h3-6,12H,2,7-9H2,1H3. The minimum absolute atomic E-state index is 0.147. The van der Waals surface area contributed by atoms with Crippen molar-refractivity contribution in [3.8, 4) is 0 Å². The van der Waals surface area contributed by atoms with Gasteiger partial charge in [-0.3, -0.25) is 4.79 Å². The molecule has 0 heterocycles. The Balaban J connectivity index is 1.98. The zero-order valence-electron chi connectivity index (χ0n) is 9.03. The minimum Gasteiger partial charge on any atom is -0.374 e. The molecule has 80 valence electrons. The van der Waals surface area contributed by atoms with Crippen molar-refractivity contribution in [1.29, 1.82) is 0 Å². The number of ketones is 1. The van der Waals surface area contributed by atoms with E-state index in [1.54, 1.807) is 0 Å². The van der Waals surface area contributed by atoms with Gasteiger partial charge in [0.05, 0.1) is 0 Å². The van der Waals surface area contributed by atoms with Gasteiger partial charge in [-0.15, -0.1) is 0 Å². The van der Waals surface area contributed by atoms with E-state index in [-0.39, 0.29) is 18.3 Å². The summed E-state index contributed by atoms with van der Waals surface area (Å²) in [5.74, 6) is 0.391. The summed E-state index contributed by atoms with van der Waals surface area (Å²) >= 11 is 0. The first kappa shape index (κ1) is 10.4. The van der Waals surface area contributed by atoms with Gasteiger partial charge in [-0.25, -0.2) is 0 Å². The normalized spacial score (nSPS) is 15.3. The lowest BCUT2D eigenvalue weighted by atomic mass is 10.0. The molecule has 0 radical (unpaired) electrons. The molecule has 0 saturated heterocycles. The highest BCUT2D eigenvalue weighted by atomic mass is 16.5. The SMILES string of the molecule is CCOCC(=O)C1Cc2ccccc2C1. The van der Waals surface area contributed by atoms with Crippen LogP contribution in [0.15, 0.2) is 24.3 Å². The summed E-state index contributed by atoms with van der Waals surface area (Å²) in [6.07, 6.45) is 1.78. The molecule has 0 amide bonds. The topological polar surface area (TPSA) is 26.3 Å². The summed E-state index contributed by atoms with van der Waals surface area (Å²) in [6.45, 7) is 2.80. The van der Waals surface area contributed by atoms with E-state index in [9.17, 15) is 4.79 Å². The van der Waals surface area contributed by atoms with Gasteiger partial charge in [-0.2, -0.15) is 0 Å². The Morgan fingerprint density at radius 2 is 1.93 bits per heavy atom. The molecule has 1 aromatic rings. The molecule has 0 aliphatic heterocycles. The maximum Gasteiger partial charge on any atom is 0.162 e. The second-order valence-electron chi connectivity index (χ2n) is 3.98. The van der Waals surface area contributed by atoms with Crippen LogP contribution in [0, 0.1) is 5.92 Å². The predicted molar refractivity (Wildman–Crippen MR) is 58.8 cm³/mol. The van der Waals surface area contributed by atoms with E-state index in [1.165, 1.54) is 11.1 Å². The third kappa shape index (κ3) is 2.26. The average molecular weight is 204 g/mol. The molecular formula is C13H16O2. The zero-order valence-corrected chi connectivity index (χ0v) is 9.03. The maximum atomic E-state index is 11.7. The van der Waals surface area contributed by atoms with E-state index in [2.05, 4.69) is 12.1 Å². The van der Waals surface area contributed by atoms with Crippen molar-refractivity contribution in [2.24, 2.45) is 5.92 Å². The molecule has 0 spiro atoms. The summed E-state index contributed by atoms with van der Waals surface area (Å²) in [4.78, 5) is 11.7. The number of carbonyl (C=O) groups excluding carboxylic acids is 1. The van der Waals surface area contributed by atoms with Crippen LogP contribution >= 0.6 is 0 Å². The van der Waals surface area contributed by atoms with Crippen LogP contribution in [0.25, 0.3) is 0 Å². The summed E-state index contributed by atoms with van der Waals surface area (Å²) in [7, 11) is 0. The number of Topliss-reactive ketones (excluding diaryl/α,β-unsaturated/α-hetero) is 1. The molecule has 1 aromatic carbocycles. The first-order chi connectivity index (χ1) is 7.31. The third-order valence-corrected chi connectivity index (χ3v) is 2.95. The highest BCUT2D eigenvalue weighted by molar-refractivity contribution is 5.83. The summed E-state index contributed by atoms with van der Waals surface area (Å²) < 4.78 is 5.16. The van der Waals surface area contributed by atoms with Crippen LogP contribution in [0.2, 0.25) is 0 Å². The van der Waals surface area contributed by atoms with Gasteiger partial charge in [0, 0.05) is 12.5 Å². The Labute approximate surface area is 90.3 Å². The lowest BCUT2D eigenvalue weighted by molar-refractivity contribution is -0.127. The molecule has 1 aliphatic rings. The van der Waals surface area contributed by atoms with Crippen molar-refractivity contribution in [1.82, 2.24) is 0 Å². The molecular weight excluding hydrogens is 188 g/mol. The van der Waals surface area contributed by atoms with Crippen molar-refractivity contribution in [2.75, 3.05) is 13.2 Å². The zero-order chi connectivity index (χ0) is 10.7. The van der Waals surface area contributed by atoms with Gasteiger partial charge < -0.3 is 4.74 Å². The van der Waals surface area contributed by atoms with E-state index in [4.69, 9.17) is 4.74 Å². The van der Waals surface area contributed by atoms with Gasteiger partial charge in [0.2, 0.25) is 0 Å². The predicted octanol–water partition coefficient (Wildman–Crippen LogP) is 2.01. The minimum atomic E-state index is 0.147. The Kier molecular flexibility index (Phi) is 3.17. The van der Waals surface area contributed by atoms with Crippen LogP contribution in [0.4, 0.5) is 0 Å². The van der Waals surface area contributed by atoms with Crippen molar-refractivity contribution in [2.45, 2.75) is 19.8 Å². The molecule has 0 bridgehead atoms. The Bertz CT molecular complexity index is 332. The fraction of sp³-hybridized carbons (Fsp3) is 0.462. The van der Waals surface area contributed by atoms with Gasteiger partial charge in [0.25, 0.3) is 0 Å². The van der Waals surface area contributed by atoms with E-state index in [1.807, 2.05) is 19.1 Å². The fourth-order valence-corrected chi connectivity index (χ4v) is 2.11. The Morgan fingerprint density at radius 3 is 2.47 bits per heavy atom. The van der Waals surface area contributed by atoms with Crippen molar-refractivity contribution in [3.63, 3.8) is 0 Å². The van der Waals surface area contributed by atoms with Crippen LogP contribution in [-0.2, 0) is 22.4 Å². The second kappa shape index (κ2) is 4.58. The van der Waals surface area contributed by atoms with Crippen molar-refractivity contribution < 1.29 is 9.53 Å². The highest BCUT2D eigenvalue weighted by Crippen LogP contribution is 2.26. The molecule has 0 unspecified atom stereocenters. The maximum absolute atomic E-state index is 11.7. The van der Waals surface area contributed by atoms with E-state index in [0.717, 1.165) is 12.8 Å². The average Bonchev–Trinajstić information content (AvgIpc) is 2.69. The second-order valence-corrected chi connectivity index (χ2v) is 3.98. The number of hydrogen-bond acceptors (Lipinski definition) is 2. The van der Waals surface area contributed by atoms with Gasteiger partial charge in [0.15, 0.2) is 5.78 Å². The Morgan fingerprint density at radius 1 is 1.33 bits per heavy atom. The summed E-state index contributed by atoms with van der Waals surface area (Å²) in [6, 6.07) is 8.30. The summed E-state index contributed by atoms with van der Waals surface area (Å²) in [5, 5.41) is 0. The molecule has 2 heteroatoms. The van der Waals surface area contributed by atoms with Crippen molar-refractivity contribution >= 4 is 5.78 Å². The number of fused-ring (bicyclic) bond motifs is 1. The first-order valence-electron chi connectivity index (χ1n) is 5.48. The van der Waals surface area contributed by atoms with Gasteiger partial charge in [0.1, 0.15) is 6.61 Å². The number of rotatable bonds is 4. The molecule has 0 atom stereocenters. The number of hydrogen-bond donors (Lipinski definition) is 0. The molecule has 2 nitrogen and oxygen atoms in total. The monoisotopic (exact) mass is 204 g/mol. The van der Waals surface area contributed by atoms with Crippen LogP contribution in [-0.4, -0.2) is 19.0 Å². The molecule has 0 saturated carbocycles. The molecule has 1 aliphatic carbocycles. The number of ether oxygens (including phenoxy) is 1. The van der Waals surface area contributed by atoms with E-state index < -0.39 is 0 Å². The largest absolute Gasteiger partial charge is 0.374 e. The van der Waals surface area contributed by atoms with Gasteiger partial charge in [-0.1, -0.05) is 24.3 Å². The first-order valence-corrected chi connectivity index (χ1v) is 5.48. The van der Waals surface area contributed by atoms with Crippen molar-refractivity contribution in [3.05, 3.63) is 35.4 Å². The van der Waals surface area contributed by atoms with Gasteiger partial charge in [-0.05, 0) is 30.9 Å². The van der Waals surface area contributed by atoms with Crippen LogP contribution in [0.1, 0.15) is 18.1 Å².